The molecule has 6 nitrogen and oxygen atoms in total. The molecule has 1 aromatic carbocycles. The molecular formula is C15H18N4O2. The number of aromatic nitrogens is 2. The van der Waals surface area contributed by atoms with Crippen LogP contribution in [-0.4, -0.2) is 28.6 Å². The van der Waals surface area contributed by atoms with Gasteiger partial charge in [-0.3, -0.25) is 4.79 Å². The smallest absolute Gasteiger partial charge is 0.241 e. The summed E-state index contributed by atoms with van der Waals surface area (Å²) in [5, 5.41) is 10.1. The van der Waals surface area contributed by atoms with Gasteiger partial charge in [0.25, 0.3) is 0 Å². The Morgan fingerprint density at radius 1 is 1.43 bits per heavy atom. The summed E-state index contributed by atoms with van der Waals surface area (Å²) in [5.74, 6) is 1.06. The van der Waals surface area contributed by atoms with Gasteiger partial charge in [0, 0.05) is 18.2 Å². The summed E-state index contributed by atoms with van der Waals surface area (Å²) in [5.41, 5.74) is 1.56. The van der Waals surface area contributed by atoms with E-state index in [0.717, 1.165) is 37.1 Å². The highest BCUT2D eigenvalue weighted by Crippen LogP contribution is 2.20. The Morgan fingerprint density at radius 2 is 2.33 bits per heavy atom. The van der Waals surface area contributed by atoms with Crippen molar-refractivity contribution in [1.29, 1.82) is 0 Å². The Labute approximate surface area is 122 Å². The maximum Gasteiger partial charge on any atom is 0.241 e. The maximum atomic E-state index is 12.2. The molecule has 0 radical (unpaired) electrons. The van der Waals surface area contributed by atoms with E-state index in [1.54, 1.807) is 6.92 Å². The van der Waals surface area contributed by atoms with Crippen LogP contribution in [0.3, 0.4) is 0 Å². The number of hydrogen-bond acceptors (Lipinski definition) is 5. The third-order valence-electron chi connectivity index (χ3n) is 3.54. The number of carbonyl (C=O) groups is 1. The molecule has 3 rings (SSSR count). The van der Waals surface area contributed by atoms with E-state index in [1.807, 2.05) is 24.3 Å². The van der Waals surface area contributed by atoms with Crippen LogP contribution in [0.4, 0.5) is 5.69 Å². The summed E-state index contributed by atoms with van der Waals surface area (Å²) in [7, 11) is 0. The van der Waals surface area contributed by atoms with Crippen LogP contribution >= 0.6 is 0 Å². The van der Waals surface area contributed by atoms with E-state index in [4.69, 9.17) is 4.52 Å². The fourth-order valence-corrected chi connectivity index (χ4v) is 2.46. The molecule has 0 spiro atoms. The van der Waals surface area contributed by atoms with Crippen molar-refractivity contribution in [2.24, 2.45) is 0 Å². The van der Waals surface area contributed by atoms with E-state index < -0.39 is 0 Å². The zero-order chi connectivity index (χ0) is 14.7. The van der Waals surface area contributed by atoms with Gasteiger partial charge in [-0.2, -0.15) is 4.98 Å². The van der Waals surface area contributed by atoms with Crippen LogP contribution in [0.2, 0.25) is 0 Å². The van der Waals surface area contributed by atoms with Gasteiger partial charge in [-0.15, -0.1) is 0 Å². The van der Waals surface area contributed by atoms with Crippen LogP contribution in [0, 0.1) is 6.92 Å². The van der Waals surface area contributed by atoms with Crippen LogP contribution < -0.4 is 10.6 Å². The Morgan fingerprint density at radius 3 is 3.05 bits per heavy atom. The zero-order valence-corrected chi connectivity index (χ0v) is 11.9. The van der Waals surface area contributed by atoms with Gasteiger partial charge in [-0.05, 0) is 31.5 Å². The van der Waals surface area contributed by atoms with Crippen molar-refractivity contribution in [2.45, 2.75) is 32.2 Å². The minimum Gasteiger partial charge on any atom is -0.339 e. The van der Waals surface area contributed by atoms with Crippen molar-refractivity contribution in [3.63, 3.8) is 0 Å². The highest BCUT2D eigenvalue weighted by Gasteiger charge is 2.20. The molecule has 1 unspecified atom stereocenters. The van der Waals surface area contributed by atoms with Gasteiger partial charge in [0.15, 0.2) is 0 Å². The standard InChI is InChI=1S/C15H18N4O2/c1-10-17-14(19-21-10)11-5-4-6-12(9-11)18-15(20)13-7-2-3-8-16-13/h4-6,9,13,16H,2-3,7-8H2,1H3,(H,18,20). The molecule has 0 aliphatic carbocycles. The van der Waals surface area contributed by atoms with Crippen molar-refractivity contribution in [1.82, 2.24) is 15.5 Å². The first-order chi connectivity index (χ1) is 10.2. The first kappa shape index (κ1) is 13.8. The number of anilines is 1. The lowest BCUT2D eigenvalue weighted by atomic mass is 10.0. The Kier molecular flexibility index (Phi) is 3.96. The van der Waals surface area contributed by atoms with Crippen molar-refractivity contribution in [2.75, 3.05) is 11.9 Å². The van der Waals surface area contributed by atoms with E-state index in [9.17, 15) is 4.79 Å². The van der Waals surface area contributed by atoms with E-state index in [2.05, 4.69) is 20.8 Å². The molecule has 1 atom stereocenters. The van der Waals surface area contributed by atoms with Crippen molar-refractivity contribution in [3.8, 4) is 11.4 Å². The minimum atomic E-state index is -0.102. The van der Waals surface area contributed by atoms with E-state index >= 15 is 0 Å². The summed E-state index contributed by atoms with van der Waals surface area (Å²) in [4.78, 5) is 16.4. The number of aryl methyl sites for hydroxylation is 1. The average molecular weight is 286 g/mol. The van der Waals surface area contributed by atoms with Gasteiger partial charge in [-0.25, -0.2) is 0 Å². The van der Waals surface area contributed by atoms with Gasteiger partial charge in [0.1, 0.15) is 0 Å². The molecule has 1 fully saturated rings. The quantitative estimate of drug-likeness (QED) is 0.903. The first-order valence-electron chi connectivity index (χ1n) is 7.17. The largest absolute Gasteiger partial charge is 0.339 e. The van der Waals surface area contributed by atoms with Crippen LogP contribution in [0.15, 0.2) is 28.8 Å². The summed E-state index contributed by atoms with van der Waals surface area (Å²) in [6.45, 7) is 2.65. The second-order valence-electron chi connectivity index (χ2n) is 5.21. The number of carbonyl (C=O) groups excluding carboxylic acids is 1. The molecule has 1 saturated heterocycles. The third kappa shape index (κ3) is 3.28. The number of nitrogens with one attached hydrogen (secondary N) is 2. The minimum absolute atomic E-state index is 0.0103. The van der Waals surface area contributed by atoms with Gasteiger partial charge >= 0.3 is 0 Å². The molecule has 1 aliphatic rings. The number of benzene rings is 1. The number of hydrogen-bond donors (Lipinski definition) is 2. The fourth-order valence-electron chi connectivity index (χ4n) is 2.46. The molecule has 0 saturated carbocycles. The molecule has 110 valence electrons. The molecule has 1 amide bonds. The number of nitrogens with zero attached hydrogens (tertiary/aromatic N) is 2. The molecular weight excluding hydrogens is 268 g/mol. The second kappa shape index (κ2) is 6.05. The highest BCUT2D eigenvalue weighted by molar-refractivity contribution is 5.95. The van der Waals surface area contributed by atoms with Crippen molar-refractivity contribution in [3.05, 3.63) is 30.2 Å². The fraction of sp³-hybridized carbons (Fsp3) is 0.400. The van der Waals surface area contributed by atoms with Gasteiger partial charge < -0.3 is 15.2 Å². The van der Waals surface area contributed by atoms with E-state index in [1.165, 1.54) is 0 Å². The van der Waals surface area contributed by atoms with Crippen LogP contribution in [-0.2, 0) is 4.79 Å². The first-order valence-corrected chi connectivity index (χ1v) is 7.17. The second-order valence-corrected chi connectivity index (χ2v) is 5.21. The Hall–Kier alpha value is -2.21. The lowest BCUT2D eigenvalue weighted by Crippen LogP contribution is -2.43. The van der Waals surface area contributed by atoms with Crippen molar-refractivity contribution >= 4 is 11.6 Å². The highest BCUT2D eigenvalue weighted by atomic mass is 16.5. The predicted octanol–water partition coefficient (Wildman–Crippen LogP) is 2.13. The van der Waals surface area contributed by atoms with Crippen LogP contribution in [0.5, 0.6) is 0 Å². The van der Waals surface area contributed by atoms with Gasteiger partial charge in [0.05, 0.1) is 6.04 Å². The molecule has 6 heteroatoms. The van der Waals surface area contributed by atoms with Crippen LogP contribution in [0.1, 0.15) is 25.2 Å². The molecule has 1 aromatic heterocycles. The Bertz CT molecular complexity index is 632. The zero-order valence-electron chi connectivity index (χ0n) is 11.9. The predicted molar refractivity (Wildman–Crippen MR) is 78.7 cm³/mol. The van der Waals surface area contributed by atoms with E-state index in [-0.39, 0.29) is 11.9 Å². The van der Waals surface area contributed by atoms with Gasteiger partial charge in [0.2, 0.25) is 17.6 Å². The Balaban J connectivity index is 1.72. The topological polar surface area (TPSA) is 80.0 Å². The maximum absolute atomic E-state index is 12.2. The van der Waals surface area contributed by atoms with Crippen LogP contribution in [0.25, 0.3) is 11.4 Å². The number of piperidine rings is 1. The van der Waals surface area contributed by atoms with Crippen molar-refractivity contribution < 1.29 is 9.32 Å². The molecule has 21 heavy (non-hydrogen) atoms. The summed E-state index contributed by atoms with van der Waals surface area (Å²) in [6, 6.07) is 7.36. The third-order valence-corrected chi connectivity index (χ3v) is 3.54. The molecule has 2 aromatic rings. The molecule has 0 bridgehead atoms. The lowest BCUT2D eigenvalue weighted by molar-refractivity contribution is -0.118. The SMILES string of the molecule is Cc1nc(-c2cccc(NC(=O)C3CCCCN3)c2)no1. The lowest BCUT2D eigenvalue weighted by Gasteiger charge is -2.22. The van der Waals surface area contributed by atoms with E-state index in [0.29, 0.717) is 11.7 Å². The molecule has 2 N–H and O–H groups in total. The molecule has 1 aliphatic heterocycles. The average Bonchev–Trinajstić information content (AvgIpc) is 2.95. The van der Waals surface area contributed by atoms with Gasteiger partial charge in [-0.1, -0.05) is 23.7 Å². The number of rotatable bonds is 3. The molecule has 2 heterocycles. The monoisotopic (exact) mass is 286 g/mol. The summed E-state index contributed by atoms with van der Waals surface area (Å²) >= 11 is 0. The summed E-state index contributed by atoms with van der Waals surface area (Å²) in [6.07, 6.45) is 3.11. The normalized spacial score (nSPS) is 18.4. The number of amides is 1. The summed E-state index contributed by atoms with van der Waals surface area (Å²) < 4.78 is 4.98.